The molecule has 3 nitrogen and oxygen atoms in total. The van der Waals surface area contributed by atoms with Gasteiger partial charge in [-0.15, -0.1) is 0 Å². The molecule has 0 saturated carbocycles. The Balaban J connectivity index is 2.21. The molecular formula is C9H18N2O. The summed E-state index contributed by atoms with van der Waals surface area (Å²) in [7, 11) is 0. The Labute approximate surface area is 74.0 Å². The zero-order valence-electron chi connectivity index (χ0n) is 7.95. The first-order valence-electron chi connectivity index (χ1n) is 4.76. The highest BCUT2D eigenvalue weighted by atomic mass is 16.3. The highest BCUT2D eigenvalue weighted by Gasteiger charge is 2.45. The van der Waals surface area contributed by atoms with E-state index in [1.807, 2.05) is 0 Å². The predicted molar refractivity (Wildman–Crippen MR) is 48.1 cm³/mol. The molecule has 70 valence electrons. The lowest BCUT2D eigenvalue weighted by Crippen LogP contribution is -2.72. The summed E-state index contributed by atoms with van der Waals surface area (Å²) in [6.07, 6.45) is 0. The predicted octanol–water partition coefficient (Wildman–Crippen LogP) is -0.243. The molecule has 0 amide bonds. The second kappa shape index (κ2) is 2.69. The molecule has 3 saturated heterocycles. The Morgan fingerprint density at radius 3 is 2.17 bits per heavy atom. The lowest BCUT2D eigenvalue weighted by Gasteiger charge is -2.57. The van der Waals surface area contributed by atoms with Gasteiger partial charge in [0.15, 0.2) is 0 Å². The van der Waals surface area contributed by atoms with Crippen molar-refractivity contribution < 1.29 is 5.11 Å². The van der Waals surface area contributed by atoms with Crippen molar-refractivity contribution in [2.75, 3.05) is 32.8 Å². The zero-order chi connectivity index (χ0) is 8.77. The zero-order valence-corrected chi connectivity index (χ0v) is 7.95. The van der Waals surface area contributed by atoms with Gasteiger partial charge in [-0.25, -0.2) is 0 Å². The second-order valence-corrected chi connectivity index (χ2v) is 4.38. The van der Waals surface area contributed by atoms with Crippen LogP contribution in [0, 0.1) is 0 Å². The van der Waals surface area contributed by atoms with E-state index in [-0.39, 0.29) is 5.54 Å². The van der Waals surface area contributed by atoms with Crippen molar-refractivity contribution in [3.63, 3.8) is 0 Å². The largest absolute Gasteiger partial charge is 0.395 e. The van der Waals surface area contributed by atoms with Crippen LogP contribution in [-0.4, -0.2) is 59.3 Å². The second-order valence-electron chi connectivity index (χ2n) is 4.38. The Hall–Kier alpha value is -0.120. The van der Waals surface area contributed by atoms with Crippen LogP contribution >= 0.6 is 0 Å². The van der Waals surface area contributed by atoms with E-state index in [2.05, 4.69) is 23.6 Å². The smallest absolute Gasteiger partial charge is 0.0604 e. The molecule has 1 unspecified atom stereocenters. The van der Waals surface area contributed by atoms with Gasteiger partial charge in [0.25, 0.3) is 0 Å². The summed E-state index contributed by atoms with van der Waals surface area (Å²) >= 11 is 0. The van der Waals surface area contributed by atoms with Crippen LogP contribution in [0.5, 0.6) is 0 Å². The number of hydrogen-bond acceptors (Lipinski definition) is 3. The molecule has 0 aromatic rings. The van der Waals surface area contributed by atoms with Gasteiger partial charge in [0, 0.05) is 31.7 Å². The third kappa shape index (κ3) is 1.00. The minimum atomic E-state index is 0.172. The van der Waals surface area contributed by atoms with Crippen LogP contribution in [0.3, 0.4) is 0 Å². The van der Waals surface area contributed by atoms with Crippen molar-refractivity contribution in [2.45, 2.75) is 25.4 Å². The Bertz CT molecular complexity index is 173. The Morgan fingerprint density at radius 1 is 1.25 bits per heavy atom. The molecule has 0 radical (unpaired) electrons. The molecule has 12 heavy (non-hydrogen) atoms. The van der Waals surface area contributed by atoms with E-state index in [4.69, 9.17) is 0 Å². The molecule has 1 atom stereocenters. The van der Waals surface area contributed by atoms with Crippen LogP contribution in [0.25, 0.3) is 0 Å². The van der Waals surface area contributed by atoms with E-state index in [1.165, 1.54) is 13.1 Å². The molecule has 2 bridgehead atoms. The van der Waals surface area contributed by atoms with Crippen LogP contribution in [0.2, 0.25) is 0 Å². The number of aliphatic hydroxyl groups is 1. The van der Waals surface area contributed by atoms with Crippen molar-refractivity contribution in [3.05, 3.63) is 0 Å². The number of aliphatic hydroxyl groups excluding tert-OH is 1. The van der Waals surface area contributed by atoms with E-state index in [1.54, 1.807) is 0 Å². The average Bonchev–Trinajstić information content (AvgIpc) is 2.05. The molecule has 0 aliphatic carbocycles. The summed E-state index contributed by atoms with van der Waals surface area (Å²) in [5, 5.41) is 9.28. The van der Waals surface area contributed by atoms with E-state index in [0.717, 1.165) is 13.1 Å². The first kappa shape index (κ1) is 8.48. The average molecular weight is 170 g/mol. The summed E-state index contributed by atoms with van der Waals surface area (Å²) in [6, 6.07) is 0.347. The van der Waals surface area contributed by atoms with E-state index < -0.39 is 0 Å². The topological polar surface area (TPSA) is 26.7 Å². The summed E-state index contributed by atoms with van der Waals surface area (Å²) in [6.45, 7) is 9.37. The molecule has 3 rings (SSSR count). The summed E-state index contributed by atoms with van der Waals surface area (Å²) in [4.78, 5) is 4.91. The molecule has 3 aliphatic heterocycles. The van der Waals surface area contributed by atoms with Crippen molar-refractivity contribution in [1.82, 2.24) is 9.80 Å². The van der Waals surface area contributed by atoms with Crippen LogP contribution in [0.15, 0.2) is 0 Å². The van der Waals surface area contributed by atoms with Gasteiger partial charge >= 0.3 is 0 Å². The quantitative estimate of drug-likeness (QED) is 0.588. The van der Waals surface area contributed by atoms with Gasteiger partial charge in [0.1, 0.15) is 0 Å². The highest BCUT2D eigenvalue weighted by Crippen LogP contribution is 2.30. The van der Waals surface area contributed by atoms with Gasteiger partial charge < -0.3 is 5.11 Å². The molecular weight excluding hydrogens is 152 g/mol. The first-order chi connectivity index (χ1) is 5.66. The monoisotopic (exact) mass is 170 g/mol. The van der Waals surface area contributed by atoms with Crippen LogP contribution in [0.1, 0.15) is 13.8 Å². The van der Waals surface area contributed by atoms with Crippen molar-refractivity contribution in [1.29, 1.82) is 0 Å². The van der Waals surface area contributed by atoms with Gasteiger partial charge in [-0.1, -0.05) is 0 Å². The Morgan fingerprint density at radius 2 is 1.83 bits per heavy atom. The van der Waals surface area contributed by atoms with E-state index in [9.17, 15) is 5.11 Å². The van der Waals surface area contributed by atoms with Gasteiger partial charge in [0.2, 0.25) is 0 Å². The van der Waals surface area contributed by atoms with Crippen LogP contribution < -0.4 is 0 Å². The number of rotatable bonds is 1. The van der Waals surface area contributed by atoms with Crippen LogP contribution in [-0.2, 0) is 0 Å². The highest BCUT2D eigenvalue weighted by molar-refractivity contribution is 5.02. The molecule has 1 N–H and O–H groups in total. The van der Waals surface area contributed by atoms with Crippen molar-refractivity contribution >= 4 is 0 Å². The summed E-state index contributed by atoms with van der Waals surface area (Å²) in [5.41, 5.74) is 0.172. The minimum absolute atomic E-state index is 0.172. The summed E-state index contributed by atoms with van der Waals surface area (Å²) in [5.74, 6) is 0. The number of hydrogen-bond donors (Lipinski definition) is 1. The fourth-order valence-corrected chi connectivity index (χ4v) is 2.61. The molecule has 0 aromatic heterocycles. The summed E-state index contributed by atoms with van der Waals surface area (Å²) < 4.78 is 0. The lowest BCUT2D eigenvalue weighted by molar-refractivity contribution is -0.0993. The molecule has 0 spiro atoms. The van der Waals surface area contributed by atoms with E-state index in [0.29, 0.717) is 12.6 Å². The van der Waals surface area contributed by atoms with Gasteiger partial charge in [-0.3, -0.25) is 9.80 Å². The van der Waals surface area contributed by atoms with Gasteiger partial charge in [0.05, 0.1) is 12.6 Å². The molecule has 3 heteroatoms. The Kier molecular flexibility index (Phi) is 1.90. The first-order valence-corrected chi connectivity index (χ1v) is 4.76. The standard InChI is InChI=1S/C9H18N2O/c1-9(2)8(7-12)10-3-5-11(9)6-4-10/h8,12H,3-7H2,1-2H3. The minimum Gasteiger partial charge on any atom is -0.395 e. The van der Waals surface area contributed by atoms with E-state index >= 15 is 0 Å². The number of piperazine rings is 3. The molecule has 0 aromatic carbocycles. The fraction of sp³-hybridized carbons (Fsp3) is 1.00. The van der Waals surface area contributed by atoms with Crippen LogP contribution in [0.4, 0.5) is 0 Å². The van der Waals surface area contributed by atoms with Crippen molar-refractivity contribution in [2.24, 2.45) is 0 Å². The third-order valence-corrected chi connectivity index (χ3v) is 3.56. The third-order valence-electron chi connectivity index (χ3n) is 3.56. The molecule has 3 fully saturated rings. The number of nitrogens with zero attached hydrogens (tertiary/aromatic N) is 2. The van der Waals surface area contributed by atoms with Gasteiger partial charge in [-0.05, 0) is 13.8 Å². The fourth-order valence-electron chi connectivity index (χ4n) is 2.61. The lowest BCUT2D eigenvalue weighted by atomic mass is 9.86. The maximum absolute atomic E-state index is 9.28. The van der Waals surface area contributed by atoms with Gasteiger partial charge in [-0.2, -0.15) is 0 Å². The maximum Gasteiger partial charge on any atom is 0.0604 e. The number of fused-ring (bicyclic) bond motifs is 3. The SMILES string of the molecule is CC1(C)C(CO)N2CCN1CC2. The normalized spacial score (nSPS) is 44.8. The molecule has 3 aliphatic rings. The molecule has 3 heterocycles. The maximum atomic E-state index is 9.28. The van der Waals surface area contributed by atoms with Crippen molar-refractivity contribution in [3.8, 4) is 0 Å².